The first kappa shape index (κ1) is 11.7. The molecule has 0 fully saturated rings. The minimum absolute atomic E-state index is 0.902. The zero-order valence-corrected chi connectivity index (χ0v) is 11.4. The van der Waals surface area contributed by atoms with E-state index in [0.29, 0.717) is 0 Å². The molecule has 0 saturated heterocycles. The Bertz CT molecular complexity index is 548. The van der Waals surface area contributed by atoms with Crippen LogP contribution in [0.25, 0.3) is 0 Å². The third-order valence-corrected chi connectivity index (χ3v) is 4.27. The van der Waals surface area contributed by atoms with Gasteiger partial charge in [0.2, 0.25) is 0 Å². The Balaban J connectivity index is 1.57. The number of fused-ring (bicyclic) bond motifs is 1. The van der Waals surface area contributed by atoms with Crippen molar-refractivity contribution < 1.29 is 0 Å². The van der Waals surface area contributed by atoms with Crippen molar-refractivity contribution in [2.45, 2.75) is 32.6 Å². The van der Waals surface area contributed by atoms with Crippen LogP contribution in [0, 0.1) is 6.92 Å². The Kier molecular flexibility index (Phi) is 3.28. The largest absolute Gasteiger partial charge is 0.370 e. The first-order valence-electron chi connectivity index (χ1n) is 6.45. The minimum atomic E-state index is 0.902. The van der Waals surface area contributed by atoms with Crippen LogP contribution in [0.2, 0.25) is 0 Å². The summed E-state index contributed by atoms with van der Waals surface area (Å²) >= 11 is 1.73. The zero-order valence-electron chi connectivity index (χ0n) is 10.6. The van der Waals surface area contributed by atoms with Gasteiger partial charge in [0.1, 0.15) is 5.82 Å². The SMILES string of the molecule is Cc1csc(CCNc2ccc3c(n2)CCC3)n1. The van der Waals surface area contributed by atoms with Crippen molar-refractivity contribution in [1.82, 2.24) is 9.97 Å². The Labute approximate surface area is 111 Å². The number of nitrogens with one attached hydrogen (secondary N) is 1. The van der Waals surface area contributed by atoms with Crippen molar-refractivity contribution in [1.29, 1.82) is 0 Å². The van der Waals surface area contributed by atoms with Crippen LogP contribution in [-0.2, 0) is 19.3 Å². The lowest BCUT2D eigenvalue weighted by atomic mass is 10.2. The van der Waals surface area contributed by atoms with Gasteiger partial charge in [-0.15, -0.1) is 11.3 Å². The molecule has 3 nitrogen and oxygen atoms in total. The molecule has 0 unspecified atom stereocenters. The van der Waals surface area contributed by atoms with E-state index >= 15 is 0 Å². The molecule has 1 aliphatic rings. The second-order valence-electron chi connectivity index (χ2n) is 4.72. The topological polar surface area (TPSA) is 37.8 Å². The maximum Gasteiger partial charge on any atom is 0.126 e. The van der Waals surface area contributed by atoms with Gasteiger partial charge in [-0.25, -0.2) is 9.97 Å². The number of pyridine rings is 1. The molecule has 0 aromatic carbocycles. The van der Waals surface area contributed by atoms with E-state index in [1.165, 1.54) is 29.1 Å². The molecule has 0 bridgehead atoms. The fraction of sp³-hybridized carbons (Fsp3) is 0.429. The molecule has 0 atom stereocenters. The van der Waals surface area contributed by atoms with Crippen molar-refractivity contribution in [2.75, 3.05) is 11.9 Å². The number of anilines is 1. The lowest BCUT2D eigenvalue weighted by molar-refractivity contribution is 0.898. The fourth-order valence-corrected chi connectivity index (χ4v) is 3.11. The first-order valence-corrected chi connectivity index (χ1v) is 7.33. The minimum Gasteiger partial charge on any atom is -0.370 e. The summed E-state index contributed by atoms with van der Waals surface area (Å²) in [7, 11) is 0. The summed E-state index contributed by atoms with van der Waals surface area (Å²) in [5.41, 5.74) is 3.83. The summed E-state index contributed by atoms with van der Waals surface area (Å²) < 4.78 is 0. The number of aryl methyl sites for hydroxylation is 3. The number of hydrogen-bond donors (Lipinski definition) is 1. The van der Waals surface area contributed by atoms with Gasteiger partial charge in [0.25, 0.3) is 0 Å². The molecule has 3 rings (SSSR count). The highest BCUT2D eigenvalue weighted by Crippen LogP contribution is 2.21. The van der Waals surface area contributed by atoms with Crippen LogP contribution in [0.4, 0.5) is 5.82 Å². The highest BCUT2D eigenvalue weighted by molar-refractivity contribution is 7.09. The lowest BCUT2D eigenvalue weighted by Crippen LogP contribution is -2.07. The van der Waals surface area contributed by atoms with E-state index in [-0.39, 0.29) is 0 Å². The van der Waals surface area contributed by atoms with Gasteiger partial charge in [-0.3, -0.25) is 0 Å². The standard InChI is InChI=1S/C14H17N3S/c1-10-9-18-14(16-10)7-8-15-13-6-5-11-3-2-4-12(11)17-13/h5-6,9H,2-4,7-8H2,1H3,(H,15,17). The number of aromatic nitrogens is 2. The van der Waals surface area contributed by atoms with Gasteiger partial charge in [0, 0.05) is 29.7 Å². The predicted octanol–water partition coefficient (Wildman–Crippen LogP) is 2.99. The van der Waals surface area contributed by atoms with E-state index < -0.39 is 0 Å². The van der Waals surface area contributed by atoms with Crippen LogP contribution in [0.15, 0.2) is 17.5 Å². The predicted molar refractivity (Wildman–Crippen MR) is 75.3 cm³/mol. The molecular formula is C14H17N3S. The van der Waals surface area contributed by atoms with Gasteiger partial charge in [-0.1, -0.05) is 6.07 Å². The molecule has 1 aliphatic carbocycles. The van der Waals surface area contributed by atoms with Crippen LogP contribution in [-0.4, -0.2) is 16.5 Å². The molecule has 1 N–H and O–H groups in total. The molecule has 0 spiro atoms. The van der Waals surface area contributed by atoms with Gasteiger partial charge < -0.3 is 5.32 Å². The van der Waals surface area contributed by atoms with Crippen molar-refractivity contribution in [3.63, 3.8) is 0 Å². The van der Waals surface area contributed by atoms with Crippen LogP contribution in [0.5, 0.6) is 0 Å². The van der Waals surface area contributed by atoms with E-state index in [4.69, 9.17) is 0 Å². The lowest BCUT2D eigenvalue weighted by Gasteiger charge is -2.06. The van der Waals surface area contributed by atoms with Gasteiger partial charge >= 0.3 is 0 Å². The second-order valence-corrected chi connectivity index (χ2v) is 5.66. The average molecular weight is 259 g/mol. The summed E-state index contributed by atoms with van der Waals surface area (Å²) in [5, 5.41) is 6.68. The van der Waals surface area contributed by atoms with E-state index in [1.807, 2.05) is 6.92 Å². The summed E-state index contributed by atoms with van der Waals surface area (Å²) in [5.74, 6) is 1.00. The number of rotatable bonds is 4. The van der Waals surface area contributed by atoms with Crippen molar-refractivity contribution in [3.8, 4) is 0 Å². The van der Waals surface area contributed by atoms with Gasteiger partial charge in [-0.05, 0) is 37.8 Å². The monoisotopic (exact) mass is 259 g/mol. The molecule has 18 heavy (non-hydrogen) atoms. The summed E-state index contributed by atoms with van der Waals surface area (Å²) in [4.78, 5) is 9.12. The van der Waals surface area contributed by atoms with Crippen LogP contribution in [0.1, 0.15) is 28.4 Å². The first-order chi connectivity index (χ1) is 8.81. The maximum absolute atomic E-state index is 4.66. The molecule has 4 heteroatoms. The number of thiazole rings is 1. The van der Waals surface area contributed by atoms with Crippen molar-refractivity contribution in [3.05, 3.63) is 39.5 Å². The highest BCUT2D eigenvalue weighted by atomic mass is 32.1. The van der Waals surface area contributed by atoms with Crippen LogP contribution in [0.3, 0.4) is 0 Å². The zero-order chi connectivity index (χ0) is 12.4. The third-order valence-electron chi connectivity index (χ3n) is 3.24. The fourth-order valence-electron chi connectivity index (χ4n) is 2.33. The molecule has 0 radical (unpaired) electrons. The summed E-state index contributed by atoms with van der Waals surface area (Å²) in [6.07, 6.45) is 4.55. The summed E-state index contributed by atoms with van der Waals surface area (Å²) in [6.45, 7) is 2.94. The highest BCUT2D eigenvalue weighted by Gasteiger charge is 2.12. The average Bonchev–Trinajstić information content (AvgIpc) is 2.97. The van der Waals surface area contributed by atoms with Crippen LogP contribution >= 0.6 is 11.3 Å². The number of hydrogen-bond acceptors (Lipinski definition) is 4. The smallest absolute Gasteiger partial charge is 0.126 e. The molecule has 2 aromatic rings. The van der Waals surface area contributed by atoms with Crippen molar-refractivity contribution in [2.24, 2.45) is 0 Å². The van der Waals surface area contributed by atoms with Gasteiger partial charge in [-0.2, -0.15) is 0 Å². The molecule has 0 aliphatic heterocycles. The summed E-state index contributed by atoms with van der Waals surface area (Å²) in [6, 6.07) is 4.31. The molecule has 94 valence electrons. The van der Waals surface area contributed by atoms with E-state index in [9.17, 15) is 0 Å². The van der Waals surface area contributed by atoms with Crippen molar-refractivity contribution >= 4 is 17.2 Å². The molecule has 0 amide bonds. The maximum atomic E-state index is 4.66. The molecule has 2 heterocycles. The molecule has 0 saturated carbocycles. The van der Waals surface area contributed by atoms with E-state index in [2.05, 4.69) is 32.8 Å². The normalized spacial score (nSPS) is 13.6. The van der Waals surface area contributed by atoms with E-state index in [1.54, 1.807) is 11.3 Å². The molecular weight excluding hydrogens is 242 g/mol. The second kappa shape index (κ2) is 5.06. The Morgan fingerprint density at radius 2 is 2.22 bits per heavy atom. The molecule has 2 aromatic heterocycles. The third kappa shape index (κ3) is 2.53. The Hall–Kier alpha value is -1.42. The van der Waals surface area contributed by atoms with Gasteiger partial charge in [0.15, 0.2) is 0 Å². The van der Waals surface area contributed by atoms with E-state index in [0.717, 1.165) is 30.9 Å². The Morgan fingerprint density at radius 3 is 3.06 bits per heavy atom. The van der Waals surface area contributed by atoms with Gasteiger partial charge in [0.05, 0.1) is 5.01 Å². The Morgan fingerprint density at radius 1 is 1.28 bits per heavy atom. The quantitative estimate of drug-likeness (QED) is 0.917. The number of nitrogens with zero attached hydrogens (tertiary/aromatic N) is 2. The van der Waals surface area contributed by atoms with Crippen LogP contribution < -0.4 is 5.32 Å².